The van der Waals surface area contributed by atoms with E-state index in [1.54, 1.807) is 7.11 Å². The zero-order valence-electron chi connectivity index (χ0n) is 5.83. The quantitative estimate of drug-likeness (QED) is 0.601. The van der Waals surface area contributed by atoms with Gasteiger partial charge in [-0.15, -0.1) is 0 Å². The molecule has 1 rings (SSSR count). The van der Waals surface area contributed by atoms with Gasteiger partial charge in [-0.05, 0) is 0 Å². The summed E-state index contributed by atoms with van der Waals surface area (Å²) in [5.74, 6) is 0.986. The molecule has 1 atom stereocenters. The molecule has 1 heterocycles. The van der Waals surface area contributed by atoms with Gasteiger partial charge in [0, 0.05) is 0 Å². The summed E-state index contributed by atoms with van der Waals surface area (Å²) in [6, 6.07) is 2.28. The first-order chi connectivity index (χ1) is 4.86. The number of methoxy groups -OCH3 is 1. The fourth-order valence-electron chi connectivity index (χ4n) is 0.832. The van der Waals surface area contributed by atoms with Crippen molar-refractivity contribution in [1.82, 2.24) is 0 Å². The number of ether oxygens (including phenoxy) is 1. The van der Waals surface area contributed by atoms with Gasteiger partial charge in [-0.25, -0.2) is 0 Å². The fourth-order valence-corrected chi connectivity index (χ4v) is 2.66. The van der Waals surface area contributed by atoms with Crippen LogP contribution in [0.5, 0.6) is 0 Å². The Morgan fingerprint density at radius 3 is 3.30 bits per heavy atom. The van der Waals surface area contributed by atoms with Crippen LogP contribution in [0.15, 0.2) is 11.8 Å². The first kappa shape index (κ1) is 7.65. The second-order valence-electron chi connectivity index (χ2n) is 2.03. The van der Waals surface area contributed by atoms with Crippen LogP contribution < -0.4 is 0 Å². The Morgan fingerprint density at radius 2 is 2.70 bits per heavy atom. The molecule has 0 spiro atoms. The van der Waals surface area contributed by atoms with E-state index in [2.05, 4.69) is 12.1 Å². The molecular weight excluding hydrogens is 193 g/mol. The molecule has 2 nitrogen and oxygen atoms in total. The molecule has 0 saturated carbocycles. The molecule has 1 aliphatic rings. The number of hydrogen-bond acceptors (Lipinski definition) is 2. The summed E-state index contributed by atoms with van der Waals surface area (Å²) in [6.07, 6.45) is 2.92. The van der Waals surface area contributed by atoms with E-state index in [9.17, 15) is 0 Å². The van der Waals surface area contributed by atoms with Gasteiger partial charge < -0.3 is 0 Å². The predicted octanol–water partition coefficient (Wildman–Crippen LogP) is 1.35. The Balaban J connectivity index is 2.50. The van der Waals surface area contributed by atoms with Crippen LogP contribution >= 0.6 is 0 Å². The first-order valence-electron chi connectivity index (χ1n) is 3.11. The second-order valence-corrected chi connectivity index (χ2v) is 4.62. The number of rotatable bonds is 1. The molecule has 0 aromatic rings. The molecule has 0 radical (unpaired) electrons. The van der Waals surface area contributed by atoms with Crippen molar-refractivity contribution < 1.29 is 4.74 Å². The van der Waals surface area contributed by atoms with Crippen molar-refractivity contribution in [3.8, 4) is 6.07 Å². The second kappa shape index (κ2) is 3.65. The zero-order valence-corrected chi connectivity index (χ0v) is 7.55. The summed E-state index contributed by atoms with van der Waals surface area (Å²) in [6.45, 7) is 0. The molecular formula is C7H9NOSe. The maximum atomic E-state index is 8.59. The maximum absolute atomic E-state index is 8.59. The van der Waals surface area contributed by atoms with Gasteiger partial charge in [0.15, 0.2) is 0 Å². The normalized spacial score (nSPS) is 24.8. The summed E-state index contributed by atoms with van der Waals surface area (Å²) in [4.78, 5) is 0.243. The number of hydrogen-bond donors (Lipinski definition) is 0. The van der Waals surface area contributed by atoms with Gasteiger partial charge in [-0.3, -0.25) is 0 Å². The van der Waals surface area contributed by atoms with Crippen LogP contribution in [-0.2, 0) is 4.74 Å². The monoisotopic (exact) mass is 203 g/mol. The number of allylic oxidation sites excluding steroid dienone is 2. The summed E-state index contributed by atoms with van der Waals surface area (Å²) in [5.41, 5.74) is 0. The third-order valence-electron chi connectivity index (χ3n) is 1.40. The molecule has 0 aliphatic carbocycles. The van der Waals surface area contributed by atoms with Crippen molar-refractivity contribution >= 4 is 15.0 Å². The summed E-state index contributed by atoms with van der Waals surface area (Å²) in [7, 11) is 1.67. The summed E-state index contributed by atoms with van der Waals surface area (Å²) in [5, 5.41) is 9.64. The van der Waals surface area contributed by atoms with Crippen molar-refractivity contribution in [1.29, 1.82) is 5.26 Å². The van der Waals surface area contributed by atoms with Crippen molar-refractivity contribution in [2.75, 3.05) is 7.11 Å². The van der Waals surface area contributed by atoms with E-state index in [1.807, 2.05) is 0 Å². The van der Waals surface area contributed by atoms with E-state index in [-0.39, 0.29) is 4.82 Å². The SMILES string of the molecule is COC1=CC[Se]C(C#N)C1. The van der Waals surface area contributed by atoms with E-state index >= 15 is 0 Å². The van der Waals surface area contributed by atoms with Gasteiger partial charge in [0.2, 0.25) is 0 Å². The third-order valence-corrected chi connectivity index (χ3v) is 3.57. The van der Waals surface area contributed by atoms with Crippen LogP contribution in [0.25, 0.3) is 0 Å². The van der Waals surface area contributed by atoms with Crippen LogP contribution in [0.1, 0.15) is 6.42 Å². The van der Waals surface area contributed by atoms with Crippen LogP contribution in [-0.4, -0.2) is 22.1 Å². The van der Waals surface area contributed by atoms with Crippen molar-refractivity contribution in [3.05, 3.63) is 11.8 Å². The Bertz CT molecular complexity index is 183. The molecule has 10 heavy (non-hydrogen) atoms. The van der Waals surface area contributed by atoms with Gasteiger partial charge >= 0.3 is 66.5 Å². The van der Waals surface area contributed by atoms with Crippen LogP contribution in [0, 0.1) is 11.3 Å². The van der Waals surface area contributed by atoms with Crippen molar-refractivity contribution in [2.45, 2.75) is 16.6 Å². The average molecular weight is 202 g/mol. The standard InChI is InChI=1S/C7H9NOSe/c1-9-6-2-3-10-7(4-6)5-8/h2,7H,3-4H2,1H3. The van der Waals surface area contributed by atoms with Crippen molar-refractivity contribution in [3.63, 3.8) is 0 Å². The molecule has 54 valence electrons. The first-order valence-corrected chi connectivity index (χ1v) is 5.31. The molecule has 0 amide bonds. The molecule has 0 aromatic carbocycles. The zero-order chi connectivity index (χ0) is 7.40. The van der Waals surface area contributed by atoms with Gasteiger partial charge in [0.25, 0.3) is 0 Å². The Morgan fingerprint density at radius 1 is 1.90 bits per heavy atom. The molecule has 0 saturated heterocycles. The van der Waals surface area contributed by atoms with Gasteiger partial charge in [-0.1, -0.05) is 0 Å². The van der Waals surface area contributed by atoms with Crippen LogP contribution in [0.3, 0.4) is 0 Å². The average Bonchev–Trinajstić information content (AvgIpc) is 2.05. The van der Waals surface area contributed by atoms with E-state index < -0.39 is 0 Å². The molecule has 1 unspecified atom stereocenters. The summed E-state index contributed by atoms with van der Waals surface area (Å²) < 4.78 is 5.04. The molecule has 3 heteroatoms. The topological polar surface area (TPSA) is 33.0 Å². The number of nitriles is 1. The summed E-state index contributed by atoms with van der Waals surface area (Å²) >= 11 is 0.483. The number of nitrogens with zero attached hydrogens (tertiary/aromatic N) is 1. The van der Waals surface area contributed by atoms with Crippen molar-refractivity contribution in [2.24, 2.45) is 0 Å². The Hall–Kier alpha value is -0.451. The van der Waals surface area contributed by atoms with Gasteiger partial charge in [-0.2, -0.15) is 0 Å². The minimum atomic E-state index is 0.243. The predicted molar refractivity (Wildman–Crippen MR) is 39.6 cm³/mol. The molecule has 0 N–H and O–H groups in total. The van der Waals surface area contributed by atoms with Crippen LogP contribution in [0.2, 0.25) is 10.1 Å². The molecule has 0 aromatic heterocycles. The molecule has 0 bridgehead atoms. The fraction of sp³-hybridized carbons (Fsp3) is 0.571. The third kappa shape index (κ3) is 1.76. The van der Waals surface area contributed by atoms with Crippen LogP contribution in [0.4, 0.5) is 0 Å². The minimum absolute atomic E-state index is 0.243. The van der Waals surface area contributed by atoms with Gasteiger partial charge in [0.1, 0.15) is 0 Å². The Kier molecular flexibility index (Phi) is 2.80. The van der Waals surface area contributed by atoms with E-state index in [1.165, 1.54) is 0 Å². The molecule has 1 aliphatic heterocycles. The van der Waals surface area contributed by atoms with Gasteiger partial charge in [0.05, 0.1) is 0 Å². The van der Waals surface area contributed by atoms with E-state index in [0.717, 1.165) is 17.5 Å². The van der Waals surface area contributed by atoms with E-state index in [4.69, 9.17) is 10.00 Å². The molecule has 0 fully saturated rings. The Labute approximate surface area is 67.0 Å². The van der Waals surface area contributed by atoms with E-state index in [0.29, 0.717) is 15.0 Å².